The zero-order chi connectivity index (χ0) is 11.1. The van der Waals surface area contributed by atoms with Crippen molar-refractivity contribution in [2.24, 2.45) is 0 Å². The van der Waals surface area contributed by atoms with Gasteiger partial charge in [-0.3, -0.25) is 4.79 Å². The van der Waals surface area contributed by atoms with Crippen LogP contribution < -0.4 is 5.32 Å². The molecule has 0 unspecified atom stereocenters. The maximum absolute atomic E-state index is 11.0. The van der Waals surface area contributed by atoms with E-state index in [1.54, 1.807) is 0 Å². The summed E-state index contributed by atoms with van der Waals surface area (Å²) >= 11 is 0. The van der Waals surface area contributed by atoms with Crippen molar-refractivity contribution in [3.8, 4) is 0 Å². The van der Waals surface area contributed by atoms with Gasteiger partial charge in [-0.05, 0) is 12.0 Å². The number of benzene rings is 1. The number of methoxy groups -OCH3 is 1. The molecule has 1 aromatic carbocycles. The molecule has 1 N–H and O–H groups in total. The minimum atomic E-state index is -0.858. The van der Waals surface area contributed by atoms with Gasteiger partial charge in [0.15, 0.2) is 0 Å². The third kappa shape index (κ3) is 3.81. The average molecular weight is 207 g/mol. The van der Waals surface area contributed by atoms with Crippen molar-refractivity contribution in [1.29, 1.82) is 0 Å². The Labute approximate surface area is 88.2 Å². The molecule has 0 aliphatic rings. The van der Waals surface area contributed by atoms with Gasteiger partial charge in [0, 0.05) is 6.54 Å². The molecule has 0 bridgehead atoms. The van der Waals surface area contributed by atoms with Gasteiger partial charge < -0.3 is 10.1 Å². The number of amides is 1. The Hall–Kier alpha value is -1.84. The van der Waals surface area contributed by atoms with Crippen LogP contribution in [0.4, 0.5) is 0 Å². The number of rotatable bonds is 3. The van der Waals surface area contributed by atoms with E-state index in [0.29, 0.717) is 13.0 Å². The van der Waals surface area contributed by atoms with Crippen LogP contribution in [-0.2, 0) is 20.7 Å². The first-order chi connectivity index (χ1) is 7.24. The highest BCUT2D eigenvalue weighted by Gasteiger charge is 2.11. The largest absolute Gasteiger partial charge is 0.462 e. The van der Waals surface area contributed by atoms with Crippen LogP contribution in [0, 0.1) is 0 Å². The molecule has 0 fully saturated rings. The van der Waals surface area contributed by atoms with Crippen LogP contribution in [0.3, 0.4) is 0 Å². The van der Waals surface area contributed by atoms with Crippen LogP contribution in [0.5, 0.6) is 0 Å². The molecule has 1 amide bonds. The summed E-state index contributed by atoms with van der Waals surface area (Å²) in [4.78, 5) is 21.7. The zero-order valence-corrected chi connectivity index (χ0v) is 8.53. The Balaban J connectivity index is 2.28. The second-order valence-corrected chi connectivity index (χ2v) is 2.98. The predicted octanol–water partition coefficient (Wildman–Crippen LogP) is 0.518. The molecule has 4 nitrogen and oxygen atoms in total. The SMILES string of the molecule is COC(=O)C(=O)NCCc1ccccc1. The van der Waals surface area contributed by atoms with Gasteiger partial charge in [0.2, 0.25) is 0 Å². The van der Waals surface area contributed by atoms with Crippen LogP contribution in [0.15, 0.2) is 30.3 Å². The number of nitrogens with one attached hydrogen (secondary N) is 1. The van der Waals surface area contributed by atoms with Crippen molar-refractivity contribution >= 4 is 11.9 Å². The van der Waals surface area contributed by atoms with Crippen LogP contribution in [0.1, 0.15) is 5.56 Å². The predicted molar refractivity (Wildman–Crippen MR) is 55.2 cm³/mol. The molecule has 80 valence electrons. The fourth-order valence-corrected chi connectivity index (χ4v) is 1.13. The van der Waals surface area contributed by atoms with E-state index in [-0.39, 0.29) is 0 Å². The van der Waals surface area contributed by atoms with Gasteiger partial charge in [-0.1, -0.05) is 30.3 Å². The number of hydrogen-bond acceptors (Lipinski definition) is 3. The fourth-order valence-electron chi connectivity index (χ4n) is 1.13. The lowest BCUT2D eigenvalue weighted by Crippen LogP contribution is -2.33. The molecule has 0 aromatic heterocycles. The molecule has 0 aliphatic heterocycles. The average Bonchev–Trinajstić information content (AvgIpc) is 2.29. The first kappa shape index (κ1) is 11.2. The second-order valence-electron chi connectivity index (χ2n) is 2.98. The zero-order valence-electron chi connectivity index (χ0n) is 8.53. The number of hydrogen-bond donors (Lipinski definition) is 1. The van der Waals surface area contributed by atoms with Gasteiger partial charge in [0.1, 0.15) is 0 Å². The van der Waals surface area contributed by atoms with Crippen molar-refractivity contribution < 1.29 is 14.3 Å². The lowest BCUT2D eigenvalue weighted by molar-refractivity contribution is -0.152. The fraction of sp³-hybridized carbons (Fsp3) is 0.273. The molecule has 0 saturated carbocycles. The second kappa shape index (κ2) is 5.80. The molecule has 4 heteroatoms. The highest BCUT2D eigenvalue weighted by Crippen LogP contribution is 1.97. The summed E-state index contributed by atoms with van der Waals surface area (Å²) in [5.41, 5.74) is 1.11. The summed E-state index contributed by atoms with van der Waals surface area (Å²) < 4.78 is 4.26. The standard InChI is InChI=1S/C11H13NO3/c1-15-11(14)10(13)12-8-7-9-5-3-2-4-6-9/h2-6H,7-8H2,1H3,(H,12,13). The Kier molecular flexibility index (Phi) is 4.34. The summed E-state index contributed by atoms with van der Waals surface area (Å²) in [6.07, 6.45) is 0.698. The molecule has 1 aromatic rings. The quantitative estimate of drug-likeness (QED) is 0.580. The molecular weight excluding hydrogens is 194 g/mol. The molecular formula is C11H13NO3. The maximum Gasteiger partial charge on any atom is 0.396 e. The van der Waals surface area contributed by atoms with E-state index in [0.717, 1.165) is 5.56 Å². The molecule has 0 spiro atoms. The third-order valence-electron chi connectivity index (χ3n) is 1.91. The Bertz CT molecular complexity index is 335. The van der Waals surface area contributed by atoms with E-state index in [9.17, 15) is 9.59 Å². The van der Waals surface area contributed by atoms with E-state index in [1.807, 2.05) is 30.3 Å². The molecule has 0 atom stereocenters. The van der Waals surface area contributed by atoms with E-state index in [1.165, 1.54) is 7.11 Å². The molecule has 1 rings (SSSR count). The number of esters is 1. The van der Waals surface area contributed by atoms with Gasteiger partial charge in [-0.15, -0.1) is 0 Å². The molecule has 0 radical (unpaired) electrons. The van der Waals surface area contributed by atoms with E-state index in [2.05, 4.69) is 10.1 Å². The van der Waals surface area contributed by atoms with Crippen molar-refractivity contribution in [1.82, 2.24) is 5.32 Å². The normalized spacial score (nSPS) is 9.40. The van der Waals surface area contributed by atoms with Crippen LogP contribution in [0.2, 0.25) is 0 Å². The Morgan fingerprint density at radius 1 is 1.27 bits per heavy atom. The van der Waals surface area contributed by atoms with E-state index < -0.39 is 11.9 Å². The summed E-state index contributed by atoms with van der Waals surface area (Å²) in [6.45, 7) is 0.429. The number of carbonyl (C=O) groups excluding carboxylic acids is 2. The summed E-state index contributed by atoms with van der Waals surface area (Å²) in [6, 6.07) is 9.71. The van der Waals surface area contributed by atoms with Crippen LogP contribution in [0.25, 0.3) is 0 Å². The third-order valence-corrected chi connectivity index (χ3v) is 1.91. The first-order valence-corrected chi connectivity index (χ1v) is 4.64. The highest BCUT2D eigenvalue weighted by molar-refractivity contribution is 6.32. The van der Waals surface area contributed by atoms with E-state index in [4.69, 9.17) is 0 Å². The maximum atomic E-state index is 11.0. The number of carbonyl (C=O) groups is 2. The summed E-state index contributed by atoms with van der Waals surface area (Å²) in [5.74, 6) is -1.56. The van der Waals surface area contributed by atoms with Crippen LogP contribution >= 0.6 is 0 Å². The first-order valence-electron chi connectivity index (χ1n) is 4.64. The minimum Gasteiger partial charge on any atom is -0.462 e. The van der Waals surface area contributed by atoms with Gasteiger partial charge in [0.25, 0.3) is 0 Å². The van der Waals surface area contributed by atoms with Crippen molar-refractivity contribution in [3.05, 3.63) is 35.9 Å². The number of ether oxygens (including phenoxy) is 1. The highest BCUT2D eigenvalue weighted by atomic mass is 16.5. The van der Waals surface area contributed by atoms with Crippen molar-refractivity contribution in [2.75, 3.05) is 13.7 Å². The van der Waals surface area contributed by atoms with Gasteiger partial charge >= 0.3 is 11.9 Å². The van der Waals surface area contributed by atoms with Crippen LogP contribution in [-0.4, -0.2) is 25.5 Å². The molecule has 0 heterocycles. The molecule has 15 heavy (non-hydrogen) atoms. The lowest BCUT2D eigenvalue weighted by atomic mass is 10.1. The lowest BCUT2D eigenvalue weighted by Gasteiger charge is -2.03. The van der Waals surface area contributed by atoms with Crippen molar-refractivity contribution in [3.63, 3.8) is 0 Å². The Morgan fingerprint density at radius 2 is 1.93 bits per heavy atom. The minimum absolute atomic E-state index is 0.429. The molecule has 0 aliphatic carbocycles. The molecule has 0 saturated heterocycles. The summed E-state index contributed by atoms with van der Waals surface area (Å²) in [5, 5.41) is 2.47. The topological polar surface area (TPSA) is 55.4 Å². The van der Waals surface area contributed by atoms with E-state index >= 15 is 0 Å². The Morgan fingerprint density at radius 3 is 2.53 bits per heavy atom. The summed E-state index contributed by atoms with van der Waals surface area (Å²) in [7, 11) is 1.18. The van der Waals surface area contributed by atoms with Gasteiger partial charge in [0.05, 0.1) is 7.11 Å². The smallest absolute Gasteiger partial charge is 0.396 e. The monoisotopic (exact) mass is 207 g/mol. The van der Waals surface area contributed by atoms with Gasteiger partial charge in [-0.2, -0.15) is 0 Å². The van der Waals surface area contributed by atoms with Gasteiger partial charge in [-0.25, -0.2) is 4.79 Å². The van der Waals surface area contributed by atoms with Crippen molar-refractivity contribution in [2.45, 2.75) is 6.42 Å².